The molecular weight excluding hydrogens is 260 g/mol. The molecule has 19 heavy (non-hydrogen) atoms. The Morgan fingerprint density at radius 1 is 1.32 bits per heavy atom. The molecule has 112 valence electrons. The average molecular weight is 288 g/mol. The van der Waals surface area contributed by atoms with Gasteiger partial charge in [0.05, 0.1) is 0 Å². The van der Waals surface area contributed by atoms with E-state index in [0.717, 1.165) is 5.75 Å². The standard InChI is InChI=1S/C14H28N2O2S/c1-6-14(5,11(15)17)9-13(3,4)12(18)16-7-10(2)8-19/h10,19H,6-9H2,1-5H3,(H2,15,17)(H,16,18). The number of nitrogens with one attached hydrogen (secondary N) is 1. The Morgan fingerprint density at radius 2 is 1.84 bits per heavy atom. The lowest BCUT2D eigenvalue weighted by atomic mass is 9.71. The van der Waals surface area contributed by atoms with Gasteiger partial charge in [-0.2, -0.15) is 12.6 Å². The van der Waals surface area contributed by atoms with Crippen molar-refractivity contribution >= 4 is 24.4 Å². The van der Waals surface area contributed by atoms with Gasteiger partial charge in [0.25, 0.3) is 0 Å². The first kappa shape index (κ1) is 18.3. The first-order valence-electron chi connectivity index (χ1n) is 6.78. The maximum atomic E-state index is 12.2. The lowest BCUT2D eigenvalue weighted by Gasteiger charge is -2.34. The van der Waals surface area contributed by atoms with Crippen LogP contribution in [0.2, 0.25) is 0 Å². The third-order valence-corrected chi connectivity index (χ3v) is 4.37. The maximum absolute atomic E-state index is 12.2. The third-order valence-electron chi connectivity index (χ3n) is 3.74. The molecule has 0 aliphatic heterocycles. The minimum absolute atomic E-state index is 0.0398. The van der Waals surface area contributed by atoms with E-state index in [0.29, 0.717) is 25.3 Å². The van der Waals surface area contributed by atoms with Crippen LogP contribution in [0.15, 0.2) is 0 Å². The zero-order chi connectivity index (χ0) is 15.3. The van der Waals surface area contributed by atoms with E-state index in [1.54, 1.807) is 0 Å². The molecule has 0 saturated heterocycles. The fraction of sp³-hybridized carbons (Fsp3) is 0.857. The van der Waals surface area contributed by atoms with Crippen molar-refractivity contribution in [3.8, 4) is 0 Å². The van der Waals surface area contributed by atoms with Gasteiger partial charge in [-0.1, -0.05) is 34.6 Å². The van der Waals surface area contributed by atoms with Crippen molar-refractivity contribution in [3.63, 3.8) is 0 Å². The summed E-state index contributed by atoms with van der Waals surface area (Å²) in [6.45, 7) is 10.1. The van der Waals surface area contributed by atoms with Crippen molar-refractivity contribution in [3.05, 3.63) is 0 Å². The summed E-state index contributed by atoms with van der Waals surface area (Å²) in [4.78, 5) is 23.8. The van der Waals surface area contributed by atoms with Crippen molar-refractivity contribution in [1.82, 2.24) is 5.32 Å². The van der Waals surface area contributed by atoms with E-state index < -0.39 is 10.8 Å². The molecule has 0 aromatic heterocycles. The van der Waals surface area contributed by atoms with Crippen LogP contribution in [0.25, 0.3) is 0 Å². The highest BCUT2D eigenvalue weighted by Gasteiger charge is 2.39. The van der Waals surface area contributed by atoms with E-state index in [4.69, 9.17) is 5.73 Å². The van der Waals surface area contributed by atoms with Crippen molar-refractivity contribution in [1.29, 1.82) is 0 Å². The molecule has 4 nitrogen and oxygen atoms in total. The number of carbonyl (C=O) groups is 2. The van der Waals surface area contributed by atoms with Gasteiger partial charge in [-0.05, 0) is 24.5 Å². The zero-order valence-corrected chi connectivity index (χ0v) is 13.6. The van der Waals surface area contributed by atoms with Gasteiger partial charge in [0, 0.05) is 17.4 Å². The minimum atomic E-state index is -0.643. The van der Waals surface area contributed by atoms with Crippen LogP contribution in [-0.4, -0.2) is 24.1 Å². The van der Waals surface area contributed by atoms with E-state index in [1.165, 1.54) is 0 Å². The third kappa shape index (κ3) is 5.43. The quantitative estimate of drug-likeness (QED) is 0.598. The summed E-state index contributed by atoms with van der Waals surface area (Å²) < 4.78 is 0. The van der Waals surface area contributed by atoms with Gasteiger partial charge in [-0.3, -0.25) is 9.59 Å². The van der Waals surface area contributed by atoms with E-state index in [2.05, 4.69) is 17.9 Å². The summed E-state index contributed by atoms with van der Waals surface area (Å²) in [5.74, 6) is 0.674. The van der Waals surface area contributed by atoms with Gasteiger partial charge < -0.3 is 11.1 Å². The Bertz CT molecular complexity index is 331. The van der Waals surface area contributed by atoms with E-state index in [-0.39, 0.29) is 11.8 Å². The molecule has 5 heteroatoms. The molecule has 2 amide bonds. The highest BCUT2D eigenvalue weighted by atomic mass is 32.1. The number of primary amides is 1. The summed E-state index contributed by atoms with van der Waals surface area (Å²) in [5, 5.41) is 2.92. The Labute approximate surface area is 122 Å². The van der Waals surface area contributed by atoms with Crippen molar-refractivity contribution in [2.75, 3.05) is 12.3 Å². The Hall–Kier alpha value is -0.710. The van der Waals surface area contributed by atoms with Crippen LogP contribution in [0, 0.1) is 16.7 Å². The molecule has 0 saturated carbocycles. The van der Waals surface area contributed by atoms with Crippen LogP contribution in [0.1, 0.15) is 47.5 Å². The second-order valence-corrected chi connectivity index (χ2v) is 6.70. The van der Waals surface area contributed by atoms with E-state index >= 15 is 0 Å². The number of thiol groups is 1. The molecule has 0 heterocycles. The number of hydrogen-bond donors (Lipinski definition) is 3. The van der Waals surface area contributed by atoms with Crippen LogP contribution < -0.4 is 11.1 Å². The highest BCUT2D eigenvalue weighted by molar-refractivity contribution is 7.80. The molecule has 0 bridgehead atoms. The first-order chi connectivity index (χ1) is 8.59. The maximum Gasteiger partial charge on any atom is 0.225 e. The van der Waals surface area contributed by atoms with Crippen LogP contribution in [0.5, 0.6) is 0 Å². The number of carbonyl (C=O) groups excluding carboxylic acids is 2. The molecule has 0 spiro atoms. The summed E-state index contributed by atoms with van der Waals surface area (Å²) in [6.07, 6.45) is 1.08. The van der Waals surface area contributed by atoms with E-state index in [1.807, 2.05) is 34.6 Å². The van der Waals surface area contributed by atoms with Crippen LogP contribution in [0.3, 0.4) is 0 Å². The first-order valence-corrected chi connectivity index (χ1v) is 7.41. The smallest absolute Gasteiger partial charge is 0.225 e. The van der Waals surface area contributed by atoms with Crippen LogP contribution in [0.4, 0.5) is 0 Å². The lowest BCUT2D eigenvalue weighted by molar-refractivity contribution is -0.135. The molecule has 0 rings (SSSR count). The van der Waals surface area contributed by atoms with Gasteiger partial charge in [0.15, 0.2) is 0 Å². The molecule has 0 radical (unpaired) electrons. The SMILES string of the molecule is CCC(C)(CC(C)(C)C(=O)NCC(C)CS)C(N)=O. The topological polar surface area (TPSA) is 72.2 Å². The molecule has 0 fully saturated rings. The molecular formula is C14H28N2O2S. The molecule has 3 N–H and O–H groups in total. The fourth-order valence-electron chi connectivity index (χ4n) is 2.01. The van der Waals surface area contributed by atoms with Crippen molar-refractivity contribution in [2.45, 2.75) is 47.5 Å². The molecule has 0 aromatic carbocycles. The van der Waals surface area contributed by atoms with Gasteiger partial charge in [0.2, 0.25) is 11.8 Å². The average Bonchev–Trinajstić information content (AvgIpc) is 2.34. The predicted octanol–water partition coefficient (Wildman–Crippen LogP) is 1.99. The predicted molar refractivity (Wildman–Crippen MR) is 82.0 cm³/mol. The molecule has 0 aliphatic rings. The Kier molecular flexibility index (Phi) is 6.91. The minimum Gasteiger partial charge on any atom is -0.369 e. The van der Waals surface area contributed by atoms with Crippen LogP contribution >= 0.6 is 12.6 Å². The molecule has 2 unspecified atom stereocenters. The number of amides is 2. The fourth-order valence-corrected chi connectivity index (χ4v) is 2.14. The summed E-state index contributed by atoms with van der Waals surface area (Å²) in [5.41, 5.74) is 4.19. The van der Waals surface area contributed by atoms with Gasteiger partial charge in [-0.25, -0.2) is 0 Å². The zero-order valence-electron chi connectivity index (χ0n) is 12.7. The van der Waals surface area contributed by atoms with Gasteiger partial charge >= 0.3 is 0 Å². The monoisotopic (exact) mass is 288 g/mol. The second-order valence-electron chi connectivity index (χ2n) is 6.34. The second kappa shape index (κ2) is 7.17. The van der Waals surface area contributed by atoms with Crippen molar-refractivity contribution in [2.24, 2.45) is 22.5 Å². The highest BCUT2D eigenvalue weighted by Crippen LogP contribution is 2.36. The summed E-state index contributed by atoms with van der Waals surface area (Å²) >= 11 is 4.19. The van der Waals surface area contributed by atoms with Crippen LogP contribution in [-0.2, 0) is 9.59 Å². The normalized spacial score (nSPS) is 16.5. The Morgan fingerprint density at radius 3 is 2.21 bits per heavy atom. The molecule has 0 aliphatic carbocycles. The Balaban J connectivity index is 4.69. The van der Waals surface area contributed by atoms with Gasteiger partial charge in [0.1, 0.15) is 0 Å². The van der Waals surface area contributed by atoms with Gasteiger partial charge in [-0.15, -0.1) is 0 Å². The summed E-state index contributed by atoms with van der Waals surface area (Å²) in [7, 11) is 0. The van der Waals surface area contributed by atoms with E-state index in [9.17, 15) is 9.59 Å². The number of hydrogen-bond acceptors (Lipinski definition) is 3. The largest absolute Gasteiger partial charge is 0.369 e. The molecule has 0 aromatic rings. The lowest BCUT2D eigenvalue weighted by Crippen LogP contribution is -2.45. The molecule has 2 atom stereocenters. The van der Waals surface area contributed by atoms with Crippen molar-refractivity contribution < 1.29 is 9.59 Å². The number of nitrogens with two attached hydrogens (primary N) is 1. The number of rotatable bonds is 8. The summed E-state index contributed by atoms with van der Waals surface area (Å²) in [6, 6.07) is 0.